The Hall–Kier alpha value is -0.660. The molecule has 92 valence electrons. The van der Waals surface area contributed by atoms with Crippen LogP contribution in [0.4, 0.5) is 0 Å². The zero-order valence-corrected chi connectivity index (χ0v) is 13.2. The van der Waals surface area contributed by atoms with Crippen molar-refractivity contribution in [1.82, 2.24) is 10.7 Å². The van der Waals surface area contributed by atoms with Crippen LogP contribution in [-0.2, 0) is 0 Å². The average Bonchev–Trinajstić information content (AvgIpc) is 2.28. The highest BCUT2D eigenvalue weighted by atomic mass is 79.9. The molecule has 1 rings (SSSR count). The van der Waals surface area contributed by atoms with Gasteiger partial charge in [0, 0.05) is 7.05 Å². The van der Waals surface area contributed by atoms with Crippen LogP contribution in [0.25, 0.3) is 0 Å². The Labute approximate surface area is 122 Å². The minimum Gasteiger partial charge on any atom is -0.494 e. The van der Waals surface area contributed by atoms with Crippen molar-refractivity contribution < 1.29 is 4.74 Å². The first kappa shape index (κ1) is 14.4. The van der Waals surface area contributed by atoms with Crippen molar-refractivity contribution >= 4 is 55.4 Å². The summed E-state index contributed by atoms with van der Waals surface area (Å²) >= 11 is 11.7. The lowest BCUT2D eigenvalue weighted by atomic mass is 10.2. The van der Waals surface area contributed by atoms with Crippen LogP contribution < -0.4 is 15.5 Å². The number of hydrogen-bond donors (Lipinski definition) is 2. The Kier molecular flexibility index (Phi) is 5.87. The van der Waals surface area contributed by atoms with E-state index < -0.39 is 0 Å². The molecule has 0 fully saturated rings. The molecule has 0 unspecified atom stereocenters. The summed E-state index contributed by atoms with van der Waals surface area (Å²) in [5.74, 6) is 0.751. The molecule has 0 spiro atoms. The Morgan fingerprint density at radius 3 is 2.47 bits per heavy atom. The predicted molar refractivity (Wildman–Crippen MR) is 80.8 cm³/mol. The summed E-state index contributed by atoms with van der Waals surface area (Å²) in [6, 6.07) is 3.80. The largest absolute Gasteiger partial charge is 0.494 e. The Balaban J connectivity index is 2.83. The lowest BCUT2D eigenvalue weighted by molar-refractivity contribution is 0.409. The summed E-state index contributed by atoms with van der Waals surface area (Å²) in [6.07, 6.45) is 1.67. The molecule has 0 aromatic heterocycles. The van der Waals surface area contributed by atoms with Gasteiger partial charge in [0.1, 0.15) is 5.75 Å². The first-order valence-electron chi connectivity index (χ1n) is 4.62. The van der Waals surface area contributed by atoms with Gasteiger partial charge in [-0.2, -0.15) is 5.10 Å². The van der Waals surface area contributed by atoms with E-state index in [9.17, 15) is 0 Å². The molecular weight excluding hydrogens is 370 g/mol. The van der Waals surface area contributed by atoms with Crippen LogP contribution in [-0.4, -0.2) is 25.5 Å². The minimum atomic E-state index is 0.466. The summed E-state index contributed by atoms with van der Waals surface area (Å²) in [4.78, 5) is 0. The molecule has 0 aliphatic heterocycles. The summed E-state index contributed by atoms with van der Waals surface area (Å²) in [7, 11) is 3.34. The molecule has 0 radical (unpaired) electrons. The number of benzene rings is 1. The van der Waals surface area contributed by atoms with Crippen LogP contribution in [0.1, 0.15) is 5.56 Å². The molecule has 0 atom stereocenters. The number of hydrogen-bond acceptors (Lipinski definition) is 3. The summed E-state index contributed by atoms with van der Waals surface area (Å²) in [6.45, 7) is 0. The molecule has 4 nitrogen and oxygen atoms in total. The van der Waals surface area contributed by atoms with Crippen LogP contribution in [0.2, 0.25) is 0 Å². The van der Waals surface area contributed by atoms with Crippen molar-refractivity contribution in [2.75, 3.05) is 14.2 Å². The third-order valence-corrected chi connectivity index (χ3v) is 3.31. The first-order chi connectivity index (χ1) is 8.08. The number of hydrazone groups is 1. The van der Waals surface area contributed by atoms with Gasteiger partial charge in [-0.3, -0.25) is 5.43 Å². The minimum absolute atomic E-state index is 0.466. The third kappa shape index (κ3) is 4.25. The van der Waals surface area contributed by atoms with Crippen molar-refractivity contribution in [2.45, 2.75) is 0 Å². The SMILES string of the molecule is CNC(=S)N/N=C/c1cc(Br)c(OC)c(Br)c1. The van der Waals surface area contributed by atoms with Gasteiger partial charge in [-0.05, 0) is 61.8 Å². The smallest absolute Gasteiger partial charge is 0.186 e. The van der Waals surface area contributed by atoms with Gasteiger partial charge in [0.25, 0.3) is 0 Å². The lowest BCUT2D eigenvalue weighted by Gasteiger charge is -2.06. The molecule has 0 bridgehead atoms. The molecular formula is C10H11Br2N3OS. The molecule has 17 heavy (non-hydrogen) atoms. The van der Waals surface area contributed by atoms with Crippen molar-refractivity contribution in [3.8, 4) is 5.75 Å². The van der Waals surface area contributed by atoms with Crippen molar-refractivity contribution in [3.05, 3.63) is 26.6 Å². The van der Waals surface area contributed by atoms with E-state index in [0.717, 1.165) is 20.3 Å². The summed E-state index contributed by atoms with van der Waals surface area (Å²) in [5.41, 5.74) is 3.59. The van der Waals surface area contributed by atoms with E-state index in [1.165, 1.54) is 0 Å². The fourth-order valence-electron chi connectivity index (χ4n) is 1.07. The van der Waals surface area contributed by atoms with E-state index >= 15 is 0 Å². The molecule has 2 N–H and O–H groups in total. The second-order valence-corrected chi connectivity index (χ2v) is 5.08. The average molecular weight is 381 g/mol. The standard InChI is InChI=1S/C10H11Br2N3OS/c1-13-10(17)15-14-5-6-3-7(11)9(16-2)8(12)4-6/h3-5H,1-2H3,(H2,13,15,17)/b14-5+. The number of thiocarbonyl (C=S) groups is 1. The van der Waals surface area contributed by atoms with Crippen LogP contribution in [0, 0.1) is 0 Å². The van der Waals surface area contributed by atoms with Gasteiger partial charge in [-0.15, -0.1) is 0 Å². The first-order valence-corrected chi connectivity index (χ1v) is 6.61. The number of rotatable bonds is 3. The number of nitrogens with zero attached hydrogens (tertiary/aromatic N) is 1. The van der Waals surface area contributed by atoms with Gasteiger partial charge in [0.05, 0.1) is 22.3 Å². The van der Waals surface area contributed by atoms with E-state index in [1.54, 1.807) is 20.4 Å². The highest BCUT2D eigenvalue weighted by Gasteiger charge is 2.06. The maximum Gasteiger partial charge on any atom is 0.186 e. The molecule has 1 aromatic carbocycles. The highest BCUT2D eigenvalue weighted by molar-refractivity contribution is 9.11. The van der Waals surface area contributed by atoms with E-state index in [-0.39, 0.29) is 0 Å². The maximum atomic E-state index is 5.21. The number of nitrogens with one attached hydrogen (secondary N) is 2. The van der Waals surface area contributed by atoms with Crippen molar-refractivity contribution in [1.29, 1.82) is 0 Å². The van der Waals surface area contributed by atoms with Crippen LogP contribution in [0.15, 0.2) is 26.2 Å². The van der Waals surface area contributed by atoms with Crippen LogP contribution in [0.5, 0.6) is 5.75 Å². The molecule has 0 saturated carbocycles. The molecule has 0 saturated heterocycles. The quantitative estimate of drug-likeness (QED) is 0.480. The Morgan fingerprint density at radius 1 is 1.41 bits per heavy atom. The highest BCUT2D eigenvalue weighted by Crippen LogP contribution is 2.33. The van der Waals surface area contributed by atoms with Gasteiger partial charge in [-0.1, -0.05) is 0 Å². The van der Waals surface area contributed by atoms with Crippen LogP contribution in [0.3, 0.4) is 0 Å². The summed E-state index contributed by atoms with van der Waals surface area (Å²) < 4.78 is 6.91. The predicted octanol–water partition coefficient (Wildman–Crippen LogP) is 2.65. The van der Waals surface area contributed by atoms with Crippen molar-refractivity contribution in [2.24, 2.45) is 5.10 Å². The fraction of sp³-hybridized carbons (Fsp3) is 0.200. The normalized spacial score (nSPS) is 10.4. The number of methoxy groups -OCH3 is 1. The van der Waals surface area contributed by atoms with E-state index in [0.29, 0.717) is 5.11 Å². The van der Waals surface area contributed by atoms with Gasteiger partial charge >= 0.3 is 0 Å². The molecule has 0 heterocycles. The van der Waals surface area contributed by atoms with Gasteiger partial charge < -0.3 is 10.1 Å². The van der Waals surface area contributed by atoms with E-state index in [4.69, 9.17) is 17.0 Å². The van der Waals surface area contributed by atoms with Crippen molar-refractivity contribution in [3.63, 3.8) is 0 Å². The number of ether oxygens (including phenoxy) is 1. The lowest BCUT2D eigenvalue weighted by Crippen LogP contribution is -2.28. The van der Waals surface area contributed by atoms with E-state index in [1.807, 2.05) is 12.1 Å². The third-order valence-electron chi connectivity index (χ3n) is 1.83. The van der Waals surface area contributed by atoms with Crippen LogP contribution >= 0.6 is 44.1 Å². The maximum absolute atomic E-state index is 5.21. The Bertz CT molecular complexity index is 428. The van der Waals surface area contributed by atoms with Gasteiger partial charge in [0.15, 0.2) is 5.11 Å². The topological polar surface area (TPSA) is 45.7 Å². The molecule has 0 aliphatic rings. The van der Waals surface area contributed by atoms with E-state index in [2.05, 4.69) is 47.7 Å². The van der Waals surface area contributed by atoms with Gasteiger partial charge in [0.2, 0.25) is 0 Å². The molecule has 0 amide bonds. The number of halogens is 2. The second kappa shape index (κ2) is 6.93. The molecule has 0 aliphatic carbocycles. The molecule has 7 heteroatoms. The molecule has 1 aromatic rings. The summed E-state index contributed by atoms with van der Waals surface area (Å²) in [5, 5.41) is 7.21. The zero-order valence-electron chi connectivity index (χ0n) is 9.25. The zero-order chi connectivity index (χ0) is 12.8. The fourth-order valence-corrected chi connectivity index (χ4v) is 2.67. The second-order valence-electron chi connectivity index (χ2n) is 2.97. The Morgan fingerprint density at radius 2 is 2.00 bits per heavy atom. The van der Waals surface area contributed by atoms with Gasteiger partial charge in [-0.25, -0.2) is 0 Å². The monoisotopic (exact) mass is 379 g/mol.